The molecule has 2 aromatic rings. The molecule has 0 spiro atoms. The number of halogens is 4. The molecule has 2 aromatic carbocycles. The molecular formula is C18H16F4N2O3S. The van der Waals surface area contributed by atoms with Gasteiger partial charge in [-0.2, -0.15) is 29.0 Å². The first kappa shape index (κ1) is 21.7. The van der Waals surface area contributed by atoms with Crippen LogP contribution in [0.1, 0.15) is 18.1 Å². The minimum absolute atomic E-state index is 0.0166. The zero-order valence-corrected chi connectivity index (χ0v) is 15.3. The van der Waals surface area contributed by atoms with Gasteiger partial charge in [0.2, 0.25) is 5.91 Å². The monoisotopic (exact) mass is 416 g/mol. The lowest BCUT2D eigenvalue weighted by Gasteiger charge is -2.34. The molecule has 28 heavy (non-hydrogen) atoms. The smallest absolute Gasteiger partial charge is 0.325 e. The molecule has 0 bridgehead atoms. The number of carbonyl (C=O) groups is 1. The summed E-state index contributed by atoms with van der Waals surface area (Å²) in [6, 6.07) is 8.69. The molecule has 5 nitrogen and oxygen atoms in total. The lowest BCUT2D eigenvalue weighted by atomic mass is 10.1. The van der Waals surface area contributed by atoms with Gasteiger partial charge in [-0.05, 0) is 42.5 Å². The Labute approximate surface area is 160 Å². The van der Waals surface area contributed by atoms with Crippen LogP contribution in [0.3, 0.4) is 0 Å². The highest BCUT2D eigenvalue weighted by Crippen LogP contribution is 2.49. The summed E-state index contributed by atoms with van der Waals surface area (Å²) in [5.41, 5.74) is -1.94. The summed E-state index contributed by atoms with van der Waals surface area (Å²) in [5.74, 6) is -2.96. The summed E-state index contributed by atoms with van der Waals surface area (Å²) in [6.07, 6.45) is -4.80. The molecule has 1 atom stereocenters. The average Bonchev–Trinajstić information content (AvgIpc) is 2.61. The molecule has 0 heterocycles. The lowest BCUT2D eigenvalue weighted by Crippen LogP contribution is -2.27. The summed E-state index contributed by atoms with van der Waals surface area (Å²) >= 11 is 0. The van der Waals surface area contributed by atoms with E-state index >= 15 is 0 Å². The van der Waals surface area contributed by atoms with Crippen molar-refractivity contribution in [2.75, 3.05) is 11.1 Å². The normalized spacial score (nSPS) is 13.5. The molecule has 1 unspecified atom stereocenters. The zero-order chi connectivity index (χ0) is 21.1. The van der Waals surface area contributed by atoms with Gasteiger partial charge in [0.15, 0.2) is 0 Å². The quantitative estimate of drug-likeness (QED) is 0.591. The second kappa shape index (κ2) is 8.18. The third-order valence-electron chi connectivity index (χ3n) is 3.83. The second-order valence-electron chi connectivity index (χ2n) is 6.05. The van der Waals surface area contributed by atoms with E-state index in [2.05, 4.69) is 5.32 Å². The Hall–Kier alpha value is -2.61. The number of carbonyl (C=O) groups excluding carboxylic acids is 1. The number of hydrogen-bond acceptors (Lipinski definition) is 4. The fourth-order valence-corrected chi connectivity index (χ4v) is 4.00. The Bertz CT molecular complexity index is 909. The zero-order valence-electron chi connectivity index (χ0n) is 14.5. The van der Waals surface area contributed by atoms with E-state index in [1.807, 2.05) is 0 Å². The molecule has 150 valence electrons. The number of anilines is 1. The van der Waals surface area contributed by atoms with Crippen LogP contribution in [0.2, 0.25) is 0 Å². The fourth-order valence-electron chi connectivity index (χ4n) is 2.39. The van der Waals surface area contributed by atoms with Crippen LogP contribution >= 0.6 is 10.6 Å². The molecule has 2 rings (SSSR count). The van der Waals surface area contributed by atoms with Crippen LogP contribution in [0, 0.1) is 23.1 Å². The number of nitriles is 1. The standard InChI is InChI=1S/C18H16F4N2O3S/c1-11(10-28(26,27)14-5-3-13(19)4-6-14)17(25)24-16-7-2-12(9-23)8-15(16)18(20,21)22/h2-8,11,26-27H,10H2,1H3,(H,24,25). The van der Waals surface area contributed by atoms with Crippen LogP contribution in [0.4, 0.5) is 23.2 Å². The number of hydrogen-bond donors (Lipinski definition) is 3. The van der Waals surface area contributed by atoms with Crippen LogP contribution < -0.4 is 5.32 Å². The average molecular weight is 416 g/mol. The Morgan fingerprint density at radius 1 is 1.21 bits per heavy atom. The third kappa shape index (κ3) is 5.22. The number of rotatable bonds is 5. The van der Waals surface area contributed by atoms with Gasteiger partial charge in [-0.1, -0.05) is 6.92 Å². The lowest BCUT2D eigenvalue weighted by molar-refractivity contribution is -0.137. The van der Waals surface area contributed by atoms with Crippen molar-refractivity contribution in [3.05, 3.63) is 59.4 Å². The summed E-state index contributed by atoms with van der Waals surface area (Å²) in [6.45, 7) is 1.32. The fraction of sp³-hybridized carbons (Fsp3) is 0.222. The van der Waals surface area contributed by atoms with E-state index in [9.17, 15) is 31.5 Å². The largest absolute Gasteiger partial charge is 0.418 e. The van der Waals surface area contributed by atoms with Crippen LogP contribution in [-0.4, -0.2) is 20.8 Å². The predicted molar refractivity (Wildman–Crippen MR) is 96.3 cm³/mol. The van der Waals surface area contributed by atoms with Gasteiger partial charge in [-0.15, -0.1) is 0 Å². The van der Waals surface area contributed by atoms with Crippen molar-refractivity contribution in [1.82, 2.24) is 0 Å². The van der Waals surface area contributed by atoms with Crippen molar-refractivity contribution in [2.45, 2.75) is 18.0 Å². The van der Waals surface area contributed by atoms with E-state index in [4.69, 9.17) is 5.26 Å². The third-order valence-corrected chi connectivity index (χ3v) is 5.82. The van der Waals surface area contributed by atoms with E-state index in [-0.39, 0.29) is 10.5 Å². The first-order chi connectivity index (χ1) is 12.9. The maximum absolute atomic E-state index is 13.2. The topological polar surface area (TPSA) is 93.3 Å². The summed E-state index contributed by atoms with van der Waals surface area (Å²) < 4.78 is 73.0. The molecule has 0 aromatic heterocycles. The minimum atomic E-state index is -4.80. The van der Waals surface area contributed by atoms with Crippen LogP contribution in [0.25, 0.3) is 0 Å². The van der Waals surface area contributed by atoms with Gasteiger partial charge in [-0.3, -0.25) is 13.9 Å². The SMILES string of the molecule is CC(CS(O)(O)c1ccc(F)cc1)C(=O)Nc1ccc(C#N)cc1C(F)(F)F. The molecule has 0 aliphatic carbocycles. The van der Waals surface area contributed by atoms with Gasteiger partial charge in [0.1, 0.15) is 5.82 Å². The van der Waals surface area contributed by atoms with Crippen LogP contribution in [-0.2, 0) is 11.0 Å². The van der Waals surface area contributed by atoms with E-state index < -0.39 is 51.4 Å². The number of nitrogens with one attached hydrogen (secondary N) is 1. The van der Waals surface area contributed by atoms with Crippen molar-refractivity contribution in [3.8, 4) is 6.07 Å². The van der Waals surface area contributed by atoms with Crippen LogP contribution in [0.5, 0.6) is 0 Å². The maximum atomic E-state index is 13.2. The number of nitrogens with zero attached hydrogens (tertiary/aromatic N) is 1. The Balaban J connectivity index is 2.18. The molecule has 0 aliphatic heterocycles. The van der Waals surface area contributed by atoms with Gasteiger partial charge in [0, 0.05) is 0 Å². The molecule has 0 fully saturated rings. The molecule has 0 aliphatic rings. The van der Waals surface area contributed by atoms with Crippen molar-refractivity contribution >= 4 is 22.2 Å². The summed E-state index contributed by atoms with van der Waals surface area (Å²) in [5, 5.41) is 10.9. The summed E-state index contributed by atoms with van der Waals surface area (Å²) in [4.78, 5) is 12.3. The Morgan fingerprint density at radius 2 is 1.82 bits per heavy atom. The van der Waals surface area contributed by atoms with Crippen molar-refractivity contribution < 1.29 is 31.5 Å². The molecule has 0 radical (unpaired) electrons. The molecule has 1 amide bonds. The van der Waals surface area contributed by atoms with E-state index in [0.29, 0.717) is 6.07 Å². The maximum Gasteiger partial charge on any atom is 0.418 e. The first-order valence-corrected chi connectivity index (χ1v) is 9.59. The molecule has 0 saturated heterocycles. The first-order valence-electron chi connectivity index (χ1n) is 7.88. The van der Waals surface area contributed by atoms with E-state index in [1.54, 1.807) is 6.07 Å². The molecular weight excluding hydrogens is 400 g/mol. The second-order valence-corrected chi connectivity index (χ2v) is 8.19. The predicted octanol–water partition coefficient (Wildman–Crippen LogP) is 5.10. The van der Waals surface area contributed by atoms with Crippen molar-refractivity contribution in [1.29, 1.82) is 5.26 Å². The summed E-state index contributed by atoms with van der Waals surface area (Å²) in [7, 11) is -3.46. The number of alkyl halides is 3. The van der Waals surface area contributed by atoms with Gasteiger partial charge in [0.25, 0.3) is 0 Å². The van der Waals surface area contributed by atoms with Crippen LogP contribution in [0.15, 0.2) is 47.4 Å². The molecule has 0 saturated carbocycles. The van der Waals surface area contributed by atoms with Crippen molar-refractivity contribution in [2.24, 2.45) is 5.92 Å². The van der Waals surface area contributed by atoms with E-state index in [0.717, 1.165) is 36.4 Å². The number of benzene rings is 2. The van der Waals surface area contributed by atoms with E-state index in [1.165, 1.54) is 6.92 Å². The highest BCUT2D eigenvalue weighted by Gasteiger charge is 2.35. The Kier molecular flexibility index (Phi) is 6.34. The molecule has 3 N–H and O–H groups in total. The molecule has 10 heteroatoms. The van der Waals surface area contributed by atoms with Gasteiger partial charge < -0.3 is 5.32 Å². The van der Waals surface area contributed by atoms with Gasteiger partial charge >= 0.3 is 6.18 Å². The highest BCUT2D eigenvalue weighted by atomic mass is 32.3. The number of amides is 1. The van der Waals surface area contributed by atoms with Crippen molar-refractivity contribution in [3.63, 3.8) is 0 Å². The van der Waals surface area contributed by atoms with Gasteiger partial charge in [-0.25, -0.2) is 4.39 Å². The van der Waals surface area contributed by atoms with Gasteiger partial charge in [0.05, 0.1) is 39.4 Å². The Morgan fingerprint density at radius 3 is 2.36 bits per heavy atom. The highest BCUT2D eigenvalue weighted by molar-refractivity contribution is 8.24. The minimum Gasteiger partial charge on any atom is -0.325 e.